The van der Waals surface area contributed by atoms with E-state index in [4.69, 9.17) is 9.84 Å². The lowest BCUT2D eigenvalue weighted by Gasteiger charge is -2.26. The third-order valence-electron chi connectivity index (χ3n) is 3.45. The third kappa shape index (κ3) is 6.29. The lowest BCUT2D eigenvalue weighted by atomic mass is 9.80. The van der Waals surface area contributed by atoms with Crippen LogP contribution < -0.4 is 10.1 Å². The van der Waals surface area contributed by atoms with Crippen LogP contribution in [-0.2, 0) is 9.59 Å². The van der Waals surface area contributed by atoms with Gasteiger partial charge in [-0.1, -0.05) is 33.8 Å². The molecule has 1 atom stereocenters. The monoisotopic (exact) mass is 293 g/mol. The molecule has 1 aromatic carbocycles. The minimum Gasteiger partial charge on any atom is -0.482 e. The maximum Gasteiger partial charge on any atom is 0.341 e. The van der Waals surface area contributed by atoms with Crippen LogP contribution in [0.5, 0.6) is 5.75 Å². The van der Waals surface area contributed by atoms with Crippen molar-refractivity contribution >= 4 is 17.6 Å². The number of rotatable bonds is 6. The summed E-state index contributed by atoms with van der Waals surface area (Å²) in [6, 6.07) is 6.71. The number of amides is 1. The van der Waals surface area contributed by atoms with Gasteiger partial charge in [-0.3, -0.25) is 4.79 Å². The average Bonchev–Trinajstić information content (AvgIpc) is 2.35. The first-order valence-electron chi connectivity index (χ1n) is 6.93. The van der Waals surface area contributed by atoms with Gasteiger partial charge in [0, 0.05) is 18.2 Å². The van der Waals surface area contributed by atoms with E-state index in [1.165, 1.54) is 0 Å². The summed E-state index contributed by atoms with van der Waals surface area (Å²) in [4.78, 5) is 22.5. The number of aliphatic carboxylic acids is 1. The van der Waals surface area contributed by atoms with Crippen molar-refractivity contribution in [1.29, 1.82) is 0 Å². The maximum absolute atomic E-state index is 12.0. The minimum absolute atomic E-state index is 0.0622. The van der Waals surface area contributed by atoms with E-state index in [1.54, 1.807) is 24.3 Å². The number of ether oxygens (including phenoxy) is 1. The number of nitrogens with one attached hydrogen (secondary N) is 1. The summed E-state index contributed by atoms with van der Waals surface area (Å²) in [7, 11) is 0. The van der Waals surface area contributed by atoms with Crippen molar-refractivity contribution in [2.24, 2.45) is 11.3 Å². The molecule has 5 heteroatoms. The van der Waals surface area contributed by atoms with E-state index in [0.29, 0.717) is 17.9 Å². The van der Waals surface area contributed by atoms with Crippen molar-refractivity contribution in [3.8, 4) is 5.75 Å². The van der Waals surface area contributed by atoms with Gasteiger partial charge in [0.25, 0.3) is 0 Å². The molecule has 2 N–H and O–H groups in total. The number of hydrogen-bond acceptors (Lipinski definition) is 3. The van der Waals surface area contributed by atoms with Crippen molar-refractivity contribution in [2.75, 3.05) is 11.9 Å². The first kappa shape index (κ1) is 17.0. The molecule has 116 valence electrons. The van der Waals surface area contributed by atoms with Gasteiger partial charge < -0.3 is 15.2 Å². The van der Waals surface area contributed by atoms with Crippen LogP contribution in [0.3, 0.4) is 0 Å². The SMILES string of the molecule is CC(CC(=O)Nc1cccc(OCC(=O)O)c1)C(C)(C)C. The second-order valence-corrected chi connectivity index (χ2v) is 6.23. The number of benzene rings is 1. The maximum atomic E-state index is 12.0. The van der Waals surface area contributed by atoms with Crippen molar-refractivity contribution in [3.63, 3.8) is 0 Å². The second-order valence-electron chi connectivity index (χ2n) is 6.23. The molecule has 0 aliphatic rings. The molecule has 0 heterocycles. The molecule has 0 aliphatic carbocycles. The van der Waals surface area contributed by atoms with E-state index in [1.807, 2.05) is 6.92 Å². The standard InChI is InChI=1S/C16H23NO4/c1-11(16(2,3)4)8-14(18)17-12-6-5-7-13(9-12)21-10-15(19)20/h5-7,9,11H,8,10H2,1-4H3,(H,17,18)(H,19,20). The molecular formula is C16H23NO4. The fourth-order valence-corrected chi connectivity index (χ4v) is 1.61. The normalized spacial score (nSPS) is 12.6. The fraction of sp³-hybridized carbons (Fsp3) is 0.500. The smallest absolute Gasteiger partial charge is 0.341 e. The van der Waals surface area contributed by atoms with Gasteiger partial charge >= 0.3 is 5.97 Å². The Morgan fingerprint density at radius 3 is 2.57 bits per heavy atom. The van der Waals surface area contributed by atoms with Crippen LogP contribution in [0.1, 0.15) is 34.1 Å². The van der Waals surface area contributed by atoms with Gasteiger partial charge in [0.15, 0.2) is 6.61 Å². The number of hydrogen-bond donors (Lipinski definition) is 2. The highest BCUT2D eigenvalue weighted by Crippen LogP contribution is 2.28. The predicted octanol–water partition coefficient (Wildman–Crippen LogP) is 3.16. The molecule has 0 saturated heterocycles. The Balaban J connectivity index is 2.60. The molecule has 0 radical (unpaired) electrons. The van der Waals surface area contributed by atoms with Crippen LogP contribution in [0, 0.1) is 11.3 Å². The van der Waals surface area contributed by atoms with Crippen LogP contribution in [0.2, 0.25) is 0 Å². The Hall–Kier alpha value is -2.04. The van der Waals surface area contributed by atoms with E-state index in [2.05, 4.69) is 26.1 Å². The molecule has 1 aromatic rings. The van der Waals surface area contributed by atoms with Crippen LogP contribution in [0.25, 0.3) is 0 Å². The van der Waals surface area contributed by atoms with E-state index < -0.39 is 12.6 Å². The Bertz CT molecular complexity index is 505. The zero-order chi connectivity index (χ0) is 16.0. The molecule has 0 spiro atoms. The highest BCUT2D eigenvalue weighted by molar-refractivity contribution is 5.91. The molecule has 21 heavy (non-hydrogen) atoms. The fourth-order valence-electron chi connectivity index (χ4n) is 1.61. The zero-order valence-corrected chi connectivity index (χ0v) is 13.0. The van der Waals surface area contributed by atoms with Crippen LogP contribution in [0.15, 0.2) is 24.3 Å². The zero-order valence-electron chi connectivity index (χ0n) is 13.0. The lowest BCUT2D eigenvalue weighted by molar-refractivity contribution is -0.139. The number of anilines is 1. The minimum atomic E-state index is -1.04. The summed E-state index contributed by atoms with van der Waals surface area (Å²) >= 11 is 0. The van der Waals surface area contributed by atoms with Gasteiger partial charge in [0.2, 0.25) is 5.91 Å². The van der Waals surface area contributed by atoms with Crippen molar-refractivity contribution in [2.45, 2.75) is 34.1 Å². The number of carbonyl (C=O) groups excluding carboxylic acids is 1. The second kappa shape index (κ2) is 7.11. The van der Waals surface area contributed by atoms with E-state index in [0.717, 1.165) is 0 Å². The molecular weight excluding hydrogens is 270 g/mol. The van der Waals surface area contributed by atoms with Crippen LogP contribution in [0.4, 0.5) is 5.69 Å². The molecule has 1 rings (SSSR count). The largest absolute Gasteiger partial charge is 0.482 e. The highest BCUT2D eigenvalue weighted by atomic mass is 16.5. The number of carboxylic acid groups (broad SMARTS) is 1. The molecule has 5 nitrogen and oxygen atoms in total. The lowest BCUT2D eigenvalue weighted by Crippen LogP contribution is -2.23. The Morgan fingerprint density at radius 2 is 2.00 bits per heavy atom. The molecule has 0 bridgehead atoms. The van der Waals surface area contributed by atoms with Gasteiger partial charge in [-0.2, -0.15) is 0 Å². The van der Waals surface area contributed by atoms with Gasteiger partial charge in [-0.25, -0.2) is 4.79 Å². The Morgan fingerprint density at radius 1 is 1.33 bits per heavy atom. The molecule has 0 aliphatic heterocycles. The van der Waals surface area contributed by atoms with E-state index >= 15 is 0 Å². The van der Waals surface area contributed by atoms with Crippen molar-refractivity contribution in [3.05, 3.63) is 24.3 Å². The van der Waals surface area contributed by atoms with Gasteiger partial charge in [0.05, 0.1) is 0 Å². The summed E-state index contributed by atoms with van der Waals surface area (Å²) in [6.45, 7) is 7.95. The van der Waals surface area contributed by atoms with Gasteiger partial charge in [-0.05, 0) is 23.5 Å². The topological polar surface area (TPSA) is 75.6 Å². The Labute approximate surface area is 125 Å². The molecule has 0 fully saturated rings. The number of carboxylic acids is 1. The van der Waals surface area contributed by atoms with Gasteiger partial charge in [-0.15, -0.1) is 0 Å². The van der Waals surface area contributed by atoms with E-state index in [-0.39, 0.29) is 17.2 Å². The predicted molar refractivity (Wildman–Crippen MR) is 81.4 cm³/mol. The quantitative estimate of drug-likeness (QED) is 0.844. The highest BCUT2D eigenvalue weighted by Gasteiger charge is 2.22. The summed E-state index contributed by atoms with van der Waals surface area (Å²) < 4.78 is 5.07. The van der Waals surface area contributed by atoms with Crippen LogP contribution in [-0.4, -0.2) is 23.6 Å². The summed E-state index contributed by atoms with van der Waals surface area (Å²) in [6.07, 6.45) is 0.434. The van der Waals surface area contributed by atoms with Gasteiger partial charge in [0.1, 0.15) is 5.75 Å². The van der Waals surface area contributed by atoms with Crippen molar-refractivity contribution in [1.82, 2.24) is 0 Å². The third-order valence-corrected chi connectivity index (χ3v) is 3.45. The first-order valence-corrected chi connectivity index (χ1v) is 6.93. The molecule has 1 amide bonds. The molecule has 0 saturated carbocycles. The first-order chi connectivity index (χ1) is 9.68. The average molecular weight is 293 g/mol. The number of carbonyl (C=O) groups is 2. The Kier molecular flexibility index (Phi) is 5.76. The molecule has 1 unspecified atom stereocenters. The van der Waals surface area contributed by atoms with E-state index in [9.17, 15) is 9.59 Å². The van der Waals surface area contributed by atoms with Crippen molar-refractivity contribution < 1.29 is 19.4 Å². The summed E-state index contributed by atoms with van der Waals surface area (Å²) in [5, 5.41) is 11.4. The summed E-state index contributed by atoms with van der Waals surface area (Å²) in [5.41, 5.74) is 0.674. The van der Waals surface area contributed by atoms with Crippen LogP contribution >= 0.6 is 0 Å². The summed E-state index contributed by atoms with van der Waals surface area (Å²) in [5.74, 6) is -0.431. The molecule has 0 aromatic heterocycles.